The number of carbonyl (C=O) groups is 1. The van der Waals surface area contributed by atoms with Gasteiger partial charge in [-0.05, 0) is 30.2 Å². The number of benzene rings is 1. The molecule has 0 aliphatic rings. The van der Waals surface area contributed by atoms with Crippen LogP contribution in [0.15, 0.2) is 36.5 Å². The van der Waals surface area contributed by atoms with Crippen molar-refractivity contribution in [2.24, 2.45) is 5.73 Å². The summed E-state index contributed by atoms with van der Waals surface area (Å²) in [5.41, 5.74) is 13.6. The Balaban J connectivity index is 2.22. The van der Waals surface area contributed by atoms with Crippen molar-refractivity contribution >= 4 is 23.1 Å². The van der Waals surface area contributed by atoms with Gasteiger partial charge in [0.05, 0.1) is 17.4 Å². The van der Waals surface area contributed by atoms with E-state index in [1.807, 2.05) is 24.3 Å². The molecule has 1 amide bonds. The van der Waals surface area contributed by atoms with Crippen LogP contribution in [-0.4, -0.2) is 10.9 Å². The molecule has 0 saturated carbocycles. The molecule has 0 unspecified atom stereocenters. The fraction of sp³-hybridized carbons (Fsp3) is 0.143. The SMILES string of the molecule is CCc1ccc(Nc2cc(C(N)=O)c(N)cn2)cc1. The molecular weight excluding hydrogens is 240 g/mol. The van der Waals surface area contributed by atoms with E-state index >= 15 is 0 Å². The third kappa shape index (κ3) is 3.01. The predicted octanol–water partition coefficient (Wildman–Crippen LogP) is 2.07. The van der Waals surface area contributed by atoms with Crippen LogP contribution >= 0.6 is 0 Å². The summed E-state index contributed by atoms with van der Waals surface area (Å²) in [5.74, 6) is -0.0310. The summed E-state index contributed by atoms with van der Waals surface area (Å²) in [6.45, 7) is 2.10. The first-order chi connectivity index (χ1) is 9.10. The van der Waals surface area contributed by atoms with Gasteiger partial charge in [-0.3, -0.25) is 4.79 Å². The standard InChI is InChI=1S/C14H16N4O/c1-2-9-3-5-10(6-4-9)18-13-7-11(14(16)19)12(15)8-17-13/h3-8H,2,15H2,1H3,(H2,16,19)(H,17,18). The van der Waals surface area contributed by atoms with Gasteiger partial charge in [0.15, 0.2) is 0 Å². The van der Waals surface area contributed by atoms with Crippen molar-refractivity contribution in [3.63, 3.8) is 0 Å². The Bertz CT molecular complexity index is 593. The van der Waals surface area contributed by atoms with Crippen LogP contribution in [0.2, 0.25) is 0 Å². The number of hydrogen-bond acceptors (Lipinski definition) is 4. The molecule has 5 heteroatoms. The van der Waals surface area contributed by atoms with Crippen molar-refractivity contribution in [3.05, 3.63) is 47.7 Å². The maximum atomic E-state index is 11.2. The van der Waals surface area contributed by atoms with Gasteiger partial charge in [0.2, 0.25) is 0 Å². The maximum absolute atomic E-state index is 11.2. The van der Waals surface area contributed by atoms with Gasteiger partial charge < -0.3 is 16.8 Å². The lowest BCUT2D eigenvalue weighted by molar-refractivity contribution is 0.100. The minimum atomic E-state index is -0.565. The highest BCUT2D eigenvalue weighted by atomic mass is 16.1. The average Bonchev–Trinajstić information content (AvgIpc) is 2.41. The molecule has 2 rings (SSSR count). The quantitative estimate of drug-likeness (QED) is 0.780. The number of amides is 1. The van der Waals surface area contributed by atoms with E-state index in [4.69, 9.17) is 11.5 Å². The average molecular weight is 256 g/mol. The van der Waals surface area contributed by atoms with Crippen LogP contribution in [0.3, 0.4) is 0 Å². The monoisotopic (exact) mass is 256 g/mol. The van der Waals surface area contributed by atoms with Crippen LogP contribution in [0.5, 0.6) is 0 Å². The van der Waals surface area contributed by atoms with Gasteiger partial charge in [0.25, 0.3) is 5.91 Å². The molecule has 1 heterocycles. The number of primary amides is 1. The maximum Gasteiger partial charge on any atom is 0.250 e. The Kier molecular flexibility index (Phi) is 3.66. The van der Waals surface area contributed by atoms with Crippen molar-refractivity contribution in [1.82, 2.24) is 4.98 Å². The Labute approximate surface area is 111 Å². The molecule has 2 aromatic rings. The fourth-order valence-electron chi connectivity index (χ4n) is 1.72. The molecule has 0 aliphatic carbocycles. The number of rotatable bonds is 4. The Morgan fingerprint density at radius 2 is 2.00 bits per heavy atom. The summed E-state index contributed by atoms with van der Waals surface area (Å²) in [4.78, 5) is 15.3. The summed E-state index contributed by atoms with van der Waals surface area (Å²) in [5, 5.41) is 3.10. The second-order valence-electron chi connectivity index (χ2n) is 4.20. The second-order valence-corrected chi connectivity index (χ2v) is 4.20. The number of nitrogens with zero attached hydrogens (tertiary/aromatic N) is 1. The number of nitrogen functional groups attached to an aromatic ring is 1. The van der Waals surface area contributed by atoms with Gasteiger partial charge in [-0.1, -0.05) is 19.1 Å². The number of aromatic nitrogens is 1. The summed E-state index contributed by atoms with van der Waals surface area (Å²) in [6, 6.07) is 9.54. The van der Waals surface area contributed by atoms with Gasteiger partial charge in [0, 0.05) is 5.69 Å². The molecule has 0 radical (unpaired) electrons. The van der Waals surface area contributed by atoms with Crippen molar-refractivity contribution in [1.29, 1.82) is 0 Å². The molecule has 0 saturated heterocycles. The molecule has 1 aromatic heterocycles. The van der Waals surface area contributed by atoms with Crippen molar-refractivity contribution < 1.29 is 4.79 Å². The first kappa shape index (κ1) is 12.9. The molecule has 1 aromatic carbocycles. The van der Waals surface area contributed by atoms with E-state index in [2.05, 4.69) is 17.2 Å². The molecular formula is C14H16N4O. The Morgan fingerprint density at radius 1 is 1.32 bits per heavy atom. The minimum Gasteiger partial charge on any atom is -0.397 e. The van der Waals surface area contributed by atoms with Gasteiger partial charge in [-0.2, -0.15) is 0 Å². The van der Waals surface area contributed by atoms with E-state index in [9.17, 15) is 4.79 Å². The normalized spacial score (nSPS) is 10.2. The zero-order chi connectivity index (χ0) is 13.8. The molecule has 98 valence electrons. The van der Waals surface area contributed by atoms with E-state index in [0.29, 0.717) is 5.82 Å². The highest BCUT2D eigenvalue weighted by Gasteiger charge is 2.07. The lowest BCUT2D eigenvalue weighted by Gasteiger charge is -2.08. The van der Waals surface area contributed by atoms with Crippen LogP contribution in [0.4, 0.5) is 17.2 Å². The summed E-state index contributed by atoms with van der Waals surface area (Å²) < 4.78 is 0. The smallest absolute Gasteiger partial charge is 0.250 e. The summed E-state index contributed by atoms with van der Waals surface area (Å²) in [7, 11) is 0. The topological polar surface area (TPSA) is 94.0 Å². The first-order valence-corrected chi connectivity index (χ1v) is 6.01. The number of nitrogens with two attached hydrogens (primary N) is 2. The predicted molar refractivity (Wildman–Crippen MR) is 76.3 cm³/mol. The molecule has 0 spiro atoms. The van der Waals surface area contributed by atoms with Crippen LogP contribution < -0.4 is 16.8 Å². The number of anilines is 3. The van der Waals surface area contributed by atoms with E-state index in [0.717, 1.165) is 12.1 Å². The highest BCUT2D eigenvalue weighted by Crippen LogP contribution is 2.19. The van der Waals surface area contributed by atoms with Crippen molar-refractivity contribution in [3.8, 4) is 0 Å². The molecule has 0 bridgehead atoms. The minimum absolute atomic E-state index is 0.266. The Morgan fingerprint density at radius 3 is 2.58 bits per heavy atom. The summed E-state index contributed by atoms with van der Waals surface area (Å²) in [6.07, 6.45) is 2.41. The van der Waals surface area contributed by atoms with Crippen LogP contribution in [0.1, 0.15) is 22.8 Å². The second kappa shape index (κ2) is 5.39. The van der Waals surface area contributed by atoms with E-state index in [-0.39, 0.29) is 11.3 Å². The number of aryl methyl sites for hydroxylation is 1. The van der Waals surface area contributed by atoms with E-state index in [1.165, 1.54) is 11.8 Å². The molecule has 5 N–H and O–H groups in total. The molecule has 5 nitrogen and oxygen atoms in total. The van der Waals surface area contributed by atoms with Crippen LogP contribution in [-0.2, 0) is 6.42 Å². The van der Waals surface area contributed by atoms with Gasteiger partial charge >= 0.3 is 0 Å². The number of carbonyl (C=O) groups excluding carboxylic acids is 1. The van der Waals surface area contributed by atoms with Crippen LogP contribution in [0, 0.1) is 0 Å². The number of hydrogen-bond donors (Lipinski definition) is 3. The third-order valence-electron chi connectivity index (χ3n) is 2.83. The largest absolute Gasteiger partial charge is 0.397 e. The van der Waals surface area contributed by atoms with E-state index < -0.39 is 5.91 Å². The molecule has 0 atom stereocenters. The third-order valence-corrected chi connectivity index (χ3v) is 2.83. The van der Waals surface area contributed by atoms with Gasteiger partial charge in [-0.25, -0.2) is 4.98 Å². The molecule has 0 fully saturated rings. The van der Waals surface area contributed by atoms with Crippen molar-refractivity contribution in [2.45, 2.75) is 13.3 Å². The zero-order valence-electron chi connectivity index (χ0n) is 10.7. The number of nitrogens with one attached hydrogen (secondary N) is 1. The van der Waals surface area contributed by atoms with Gasteiger partial charge in [-0.15, -0.1) is 0 Å². The lowest BCUT2D eigenvalue weighted by Crippen LogP contribution is -2.14. The fourth-order valence-corrected chi connectivity index (χ4v) is 1.72. The molecule has 19 heavy (non-hydrogen) atoms. The van der Waals surface area contributed by atoms with Crippen LogP contribution in [0.25, 0.3) is 0 Å². The summed E-state index contributed by atoms with van der Waals surface area (Å²) >= 11 is 0. The van der Waals surface area contributed by atoms with Crippen molar-refractivity contribution in [2.75, 3.05) is 11.1 Å². The first-order valence-electron chi connectivity index (χ1n) is 6.01. The Hall–Kier alpha value is -2.56. The lowest BCUT2D eigenvalue weighted by atomic mass is 10.1. The van der Waals surface area contributed by atoms with E-state index in [1.54, 1.807) is 6.07 Å². The highest BCUT2D eigenvalue weighted by molar-refractivity contribution is 5.98. The molecule has 0 aliphatic heterocycles. The number of pyridine rings is 1. The zero-order valence-corrected chi connectivity index (χ0v) is 10.7. The van der Waals surface area contributed by atoms with Gasteiger partial charge in [0.1, 0.15) is 5.82 Å².